The van der Waals surface area contributed by atoms with E-state index in [1.165, 1.54) is 0 Å². The molecule has 13 heavy (non-hydrogen) atoms. The Morgan fingerprint density at radius 3 is 2.15 bits per heavy atom. The van der Waals surface area contributed by atoms with Crippen molar-refractivity contribution in [3.63, 3.8) is 0 Å². The minimum atomic E-state index is 0.251. The molecular weight excluding hydrogens is 298 g/mol. The van der Waals surface area contributed by atoms with E-state index in [9.17, 15) is 5.11 Å². The van der Waals surface area contributed by atoms with E-state index in [4.69, 9.17) is 5.73 Å². The Kier molecular flexibility index (Phi) is 3.38. The monoisotopic (exact) mass is 307 g/mol. The number of benzene rings is 1. The maximum absolute atomic E-state index is 9.74. The van der Waals surface area contributed by atoms with Crippen LogP contribution in [0, 0.1) is 13.8 Å². The molecule has 2 nitrogen and oxygen atoms in total. The normalized spacial score (nSPS) is 10.5. The Bertz CT molecular complexity index is 321. The van der Waals surface area contributed by atoms with E-state index < -0.39 is 0 Å². The number of halogens is 2. The summed E-state index contributed by atoms with van der Waals surface area (Å²) < 4.78 is 1.71. The first-order valence-electron chi connectivity index (χ1n) is 3.86. The van der Waals surface area contributed by atoms with E-state index in [0.717, 1.165) is 21.2 Å². The highest BCUT2D eigenvalue weighted by atomic mass is 79.9. The molecule has 0 aliphatic rings. The SMILES string of the molecule is Cc1c(Br)c(C)c(CN)c(O)c1Br. The van der Waals surface area contributed by atoms with Crippen molar-refractivity contribution in [1.29, 1.82) is 0 Å². The van der Waals surface area contributed by atoms with Crippen LogP contribution >= 0.6 is 31.9 Å². The van der Waals surface area contributed by atoms with Gasteiger partial charge in [0.05, 0.1) is 4.47 Å². The van der Waals surface area contributed by atoms with Gasteiger partial charge in [0.2, 0.25) is 0 Å². The molecule has 0 radical (unpaired) electrons. The van der Waals surface area contributed by atoms with Crippen molar-refractivity contribution < 1.29 is 5.11 Å². The van der Waals surface area contributed by atoms with Gasteiger partial charge in [0.25, 0.3) is 0 Å². The number of hydrogen-bond acceptors (Lipinski definition) is 2. The predicted octanol–water partition coefficient (Wildman–Crippen LogP) is 2.99. The lowest BCUT2D eigenvalue weighted by molar-refractivity contribution is 0.463. The van der Waals surface area contributed by atoms with Crippen LogP contribution < -0.4 is 5.73 Å². The first kappa shape index (κ1) is 11.0. The van der Waals surface area contributed by atoms with E-state index in [-0.39, 0.29) is 5.75 Å². The van der Waals surface area contributed by atoms with E-state index in [1.807, 2.05) is 13.8 Å². The molecule has 0 atom stereocenters. The van der Waals surface area contributed by atoms with E-state index in [0.29, 0.717) is 11.0 Å². The molecule has 0 unspecified atom stereocenters. The smallest absolute Gasteiger partial charge is 0.134 e. The number of phenolic OH excluding ortho intramolecular Hbond substituents is 1. The third kappa shape index (κ3) is 1.75. The molecule has 72 valence electrons. The predicted molar refractivity (Wildman–Crippen MR) is 60.9 cm³/mol. The molecule has 0 aromatic heterocycles. The highest BCUT2D eigenvalue weighted by Gasteiger charge is 2.14. The number of hydrogen-bond donors (Lipinski definition) is 2. The molecule has 0 bridgehead atoms. The van der Waals surface area contributed by atoms with Gasteiger partial charge in [-0.25, -0.2) is 0 Å². The Morgan fingerprint density at radius 2 is 1.69 bits per heavy atom. The van der Waals surface area contributed by atoms with Crippen molar-refractivity contribution in [3.05, 3.63) is 25.6 Å². The summed E-state index contributed by atoms with van der Waals surface area (Å²) in [5.41, 5.74) is 8.31. The summed E-state index contributed by atoms with van der Waals surface area (Å²) in [4.78, 5) is 0. The average molecular weight is 309 g/mol. The molecule has 0 aliphatic heterocycles. The van der Waals surface area contributed by atoms with Gasteiger partial charge in [-0.05, 0) is 40.9 Å². The van der Waals surface area contributed by atoms with Crippen molar-refractivity contribution in [1.82, 2.24) is 0 Å². The number of aromatic hydroxyl groups is 1. The Labute approximate surface area is 94.4 Å². The van der Waals surface area contributed by atoms with E-state index in [1.54, 1.807) is 0 Å². The first-order valence-corrected chi connectivity index (χ1v) is 5.45. The Morgan fingerprint density at radius 1 is 1.15 bits per heavy atom. The van der Waals surface area contributed by atoms with E-state index >= 15 is 0 Å². The van der Waals surface area contributed by atoms with Gasteiger partial charge in [-0.2, -0.15) is 0 Å². The van der Waals surface area contributed by atoms with Crippen LogP contribution in [0.2, 0.25) is 0 Å². The molecular formula is C9H11Br2NO. The second-order valence-electron chi connectivity index (χ2n) is 2.91. The number of rotatable bonds is 1. The van der Waals surface area contributed by atoms with Crippen molar-refractivity contribution >= 4 is 31.9 Å². The van der Waals surface area contributed by atoms with E-state index in [2.05, 4.69) is 31.9 Å². The van der Waals surface area contributed by atoms with Crippen LogP contribution in [0.3, 0.4) is 0 Å². The highest BCUT2D eigenvalue weighted by molar-refractivity contribution is 9.11. The third-order valence-corrected chi connectivity index (χ3v) is 4.30. The second-order valence-corrected chi connectivity index (χ2v) is 4.50. The molecule has 1 aromatic rings. The summed E-state index contributed by atoms with van der Waals surface area (Å²) >= 11 is 6.78. The van der Waals surface area contributed by atoms with Crippen molar-refractivity contribution in [2.24, 2.45) is 5.73 Å². The second kappa shape index (κ2) is 3.98. The molecule has 0 fully saturated rings. The first-order chi connectivity index (χ1) is 6.00. The fourth-order valence-electron chi connectivity index (χ4n) is 1.25. The Hall–Kier alpha value is -0.0600. The van der Waals surface area contributed by atoms with Crippen LogP contribution in [-0.4, -0.2) is 5.11 Å². The van der Waals surface area contributed by atoms with Crippen LogP contribution in [0.1, 0.15) is 16.7 Å². The Balaban J connectivity index is 3.56. The summed E-state index contributed by atoms with van der Waals surface area (Å²) in [6, 6.07) is 0. The van der Waals surface area contributed by atoms with Gasteiger partial charge >= 0.3 is 0 Å². The lowest BCUT2D eigenvalue weighted by Gasteiger charge is -2.13. The van der Waals surface area contributed by atoms with Gasteiger partial charge in [0.1, 0.15) is 5.75 Å². The number of phenols is 1. The topological polar surface area (TPSA) is 46.2 Å². The molecule has 0 aliphatic carbocycles. The van der Waals surface area contributed by atoms with Crippen LogP contribution in [0.25, 0.3) is 0 Å². The summed E-state index contributed by atoms with van der Waals surface area (Å²) in [6.45, 7) is 4.21. The standard InChI is InChI=1S/C9H11Br2NO/c1-4-6(3-12)9(13)8(11)5(2)7(4)10/h13H,3,12H2,1-2H3. The average Bonchev–Trinajstić information content (AvgIpc) is 2.13. The molecule has 4 heteroatoms. The summed E-state index contributed by atoms with van der Waals surface area (Å²) in [5, 5.41) is 9.74. The van der Waals surface area contributed by atoms with Gasteiger partial charge in [-0.1, -0.05) is 15.9 Å². The molecule has 0 heterocycles. The van der Waals surface area contributed by atoms with Gasteiger partial charge in [-0.3, -0.25) is 0 Å². The maximum atomic E-state index is 9.74. The largest absolute Gasteiger partial charge is 0.506 e. The molecule has 0 spiro atoms. The molecule has 1 rings (SSSR count). The van der Waals surface area contributed by atoms with Gasteiger partial charge in [0.15, 0.2) is 0 Å². The molecule has 3 N–H and O–H groups in total. The highest BCUT2D eigenvalue weighted by Crippen LogP contribution is 2.38. The third-order valence-electron chi connectivity index (χ3n) is 2.14. The lowest BCUT2D eigenvalue weighted by atomic mass is 10.0. The van der Waals surface area contributed by atoms with Crippen molar-refractivity contribution in [3.8, 4) is 5.75 Å². The fourth-order valence-corrected chi connectivity index (χ4v) is 2.39. The molecule has 0 saturated heterocycles. The zero-order chi connectivity index (χ0) is 10.2. The van der Waals surface area contributed by atoms with Gasteiger partial charge in [-0.15, -0.1) is 0 Å². The van der Waals surface area contributed by atoms with Crippen molar-refractivity contribution in [2.75, 3.05) is 0 Å². The lowest BCUT2D eigenvalue weighted by Crippen LogP contribution is -2.02. The van der Waals surface area contributed by atoms with Gasteiger partial charge in [0, 0.05) is 16.6 Å². The minimum absolute atomic E-state index is 0.251. The van der Waals surface area contributed by atoms with Crippen LogP contribution in [0.5, 0.6) is 5.75 Å². The fraction of sp³-hybridized carbons (Fsp3) is 0.333. The molecule has 0 amide bonds. The quantitative estimate of drug-likeness (QED) is 0.838. The van der Waals surface area contributed by atoms with Crippen LogP contribution in [0.15, 0.2) is 8.95 Å². The zero-order valence-electron chi connectivity index (χ0n) is 7.49. The minimum Gasteiger partial charge on any atom is -0.506 e. The number of nitrogens with two attached hydrogens (primary N) is 1. The maximum Gasteiger partial charge on any atom is 0.134 e. The van der Waals surface area contributed by atoms with Crippen molar-refractivity contribution in [2.45, 2.75) is 20.4 Å². The summed E-state index contributed by atoms with van der Waals surface area (Å²) in [7, 11) is 0. The molecule has 0 saturated carbocycles. The molecule has 1 aromatic carbocycles. The van der Waals surface area contributed by atoms with Crippen LogP contribution in [0.4, 0.5) is 0 Å². The zero-order valence-corrected chi connectivity index (χ0v) is 10.7. The summed E-state index contributed by atoms with van der Waals surface area (Å²) in [6.07, 6.45) is 0. The van der Waals surface area contributed by atoms with Gasteiger partial charge < -0.3 is 10.8 Å². The van der Waals surface area contributed by atoms with Crippen LogP contribution in [-0.2, 0) is 6.54 Å². The summed E-state index contributed by atoms with van der Waals surface area (Å²) in [5.74, 6) is 0.251.